The van der Waals surface area contributed by atoms with Crippen LogP contribution in [0.4, 0.5) is 17.5 Å². The molecule has 2 aliphatic carbocycles. The van der Waals surface area contributed by atoms with E-state index >= 15 is 0 Å². The van der Waals surface area contributed by atoms with Gasteiger partial charge >= 0.3 is 5.69 Å². The molecule has 0 amide bonds. The van der Waals surface area contributed by atoms with Crippen LogP contribution in [0.1, 0.15) is 25.7 Å². The average Bonchev–Trinajstić information content (AvgIpc) is 3.66. The first-order valence-corrected chi connectivity index (χ1v) is 11.1. The molecule has 0 N–H and O–H groups in total. The second kappa shape index (κ2) is 8.02. The quantitative estimate of drug-likeness (QED) is 0.502. The Bertz CT molecular complexity index is 736. The van der Waals surface area contributed by atoms with Crippen molar-refractivity contribution in [3.8, 4) is 0 Å². The number of rotatable bonds is 7. The van der Waals surface area contributed by atoms with Gasteiger partial charge in [-0.1, -0.05) is 0 Å². The highest BCUT2D eigenvalue weighted by Crippen LogP contribution is 2.32. The van der Waals surface area contributed by atoms with Crippen LogP contribution in [0, 0.1) is 22.0 Å². The lowest BCUT2D eigenvalue weighted by Gasteiger charge is -2.36. The molecule has 0 unspecified atom stereocenters. The van der Waals surface area contributed by atoms with Gasteiger partial charge in [0.05, 0.1) is 4.92 Å². The molecule has 5 rings (SSSR count). The summed E-state index contributed by atoms with van der Waals surface area (Å²) in [6, 6.07) is 0. The van der Waals surface area contributed by atoms with E-state index in [1.165, 1.54) is 45.0 Å². The molecule has 2 saturated heterocycles. The zero-order valence-electron chi connectivity index (χ0n) is 17.1. The van der Waals surface area contributed by atoms with Gasteiger partial charge in [-0.2, -0.15) is 4.98 Å². The van der Waals surface area contributed by atoms with Crippen LogP contribution >= 0.6 is 0 Å². The van der Waals surface area contributed by atoms with Gasteiger partial charge < -0.3 is 9.80 Å². The summed E-state index contributed by atoms with van der Waals surface area (Å²) >= 11 is 0. The van der Waals surface area contributed by atoms with Crippen molar-refractivity contribution in [1.82, 2.24) is 19.8 Å². The first kappa shape index (κ1) is 19.0. The van der Waals surface area contributed by atoms with Crippen LogP contribution < -0.4 is 9.80 Å². The largest absolute Gasteiger partial charge is 0.348 e. The zero-order chi connectivity index (χ0) is 19.8. The minimum atomic E-state index is -0.344. The van der Waals surface area contributed by atoms with Gasteiger partial charge in [0, 0.05) is 65.4 Å². The van der Waals surface area contributed by atoms with Gasteiger partial charge in [-0.05, 0) is 37.5 Å². The first-order valence-electron chi connectivity index (χ1n) is 11.1. The van der Waals surface area contributed by atoms with Crippen molar-refractivity contribution >= 4 is 17.5 Å². The van der Waals surface area contributed by atoms with E-state index in [0.717, 1.165) is 64.2 Å². The number of anilines is 2. The van der Waals surface area contributed by atoms with Crippen molar-refractivity contribution in [2.45, 2.75) is 25.7 Å². The Labute approximate surface area is 171 Å². The Kier molecular flexibility index (Phi) is 5.26. The molecule has 1 aromatic heterocycles. The van der Waals surface area contributed by atoms with Crippen molar-refractivity contribution in [3.63, 3.8) is 0 Å². The smallest absolute Gasteiger partial charge is 0.329 e. The van der Waals surface area contributed by atoms with Crippen molar-refractivity contribution in [1.29, 1.82) is 0 Å². The highest BCUT2D eigenvalue weighted by molar-refractivity contribution is 5.59. The van der Waals surface area contributed by atoms with Gasteiger partial charge in [-0.15, -0.1) is 0 Å². The highest BCUT2D eigenvalue weighted by Gasteiger charge is 2.31. The molecule has 4 aliphatic rings. The first-order chi connectivity index (χ1) is 14.2. The fourth-order valence-electron chi connectivity index (χ4n) is 4.48. The molecular weight excluding hydrogens is 370 g/mol. The van der Waals surface area contributed by atoms with Gasteiger partial charge in [0.1, 0.15) is 6.20 Å². The summed E-state index contributed by atoms with van der Waals surface area (Å²) in [5.41, 5.74) is 0.0248. The predicted octanol–water partition coefficient (Wildman–Crippen LogP) is 1.45. The summed E-state index contributed by atoms with van der Waals surface area (Å²) in [6.07, 6.45) is 6.88. The van der Waals surface area contributed by atoms with E-state index in [9.17, 15) is 10.1 Å². The molecule has 0 aromatic carbocycles. The average molecular weight is 402 g/mol. The zero-order valence-corrected chi connectivity index (χ0v) is 17.1. The molecule has 158 valence electrons. The maximum absolute atomic E-state index is 11.6. The van der Waals surface area contributed by atoms with E-state index in [1.54, 1.807) is 0 Å². The molecule has 0 spiro atoms. The molecule has 2 saturated carbocycles. The number of piperazine rings is 2. The fourth-order valence-corrected chi connectivity index (χ4v) is 4.48. The molecule has 0 bridgehead atoms. The summed E-state index contributed by atoms with van der Waals surface area (Å²) < 4.78 is 0. The second-order valence-electron chi connectivity index (χ2n) is 9.10. The van der Waals surface area contributed by atoms with Gasteiger partial charge in [0.25, 0.3) is 0 Å². The lowest BCUT2D eigenvalue weighted by atomic mass is 10.2. The minimum Gasteiger partial charge on any atom is -0.348 e. The van der Waals surface area contributed by atoms with E-state index in [2.05, 4.69) is 24.6 Å². The number of hydrogen-bond acceptors (Lipinski definition) is 8. The number of nitro groups is 1. The molecule has 2 aliphatic heterocycles. The van der Waals surface area contributed by atoms with Gasteiger partial charge in [0.15, 0.2) is 0 Å². The van der Waals surface area contributed by atoms with Crippen molar-refractivity contribution in [2.75, 3.05) is 75.2 Å². The standard InChI is InChI=1S/C20H31N7O2/c28-27(29)18-13-21-20(26-11-7-24(8-12-26)15-17-3-4-17)22-19(18)25-9-5-23(6-10-25)14-16-1-2-16/h13,16-17H,1-12,14-15H2. The van der Waals surface area contributed by atoms with Crippen LogP contribution in [0.2, 0.25) is 0 Å². The van der Waals surface area contributed by atoms with E-state index in [0.29, 0.717) is 11.8 Å². The Balaban J connectivity index is 1.25. The molecule has 9 heteroatoms. The summed E-state index contributed by atoms with van der Waals surface area (Å²) in [4.78, 5) is 29.6. The Morgan fingerprint density at radius 1 is 0.862 bits per heavy atom. The molecular formula is C20H31N7O2. The Morgan fingerprint density at radius 2 is 1.38 bits per heavy atom. The second-order valence-corrected chi connectivity index (χ2v) is 9.10. The molecule has 4 fully saturated rings. The summed E-state index contributed by atoms with van der Waals surface area (Å²) in [7, 11) is 0. The fraction of sp³-hybridized carbons (Fsp3) is 0.800. The van der Waals surface area contributed by atoms with Crippen molar-refractivity contribution < 1.29 is 4.92 Å². The molecule has 3 heterocycles. The number of aromatic nitrogens is 2. The van der Waals surface area contributed by atoms with Crippen LogP contribution in [-0.2, 0) is 0 Å². The number of nitrogens with zero attached hydrogens (tertiary/aromatic N) is 7. The third-order valence-electron chi connectivity index (χ3n) is 6.69. The lowest BCUT2D eigenvalue weighted by molar-refractivity contribution is -0.384. The lowest BCUT2D eigenvalue weighted by Crippen LogP contribution is -2.48. The van der Waals surface area contributed by atoms with Crippen molar-refractivity contribution in [3.05, 3.63) is 16.3 Å². The van der Waals surface area contributed by atoms with Crippen LogP contribution in [-0.4, -0.2) is 90.1 Å². The summed E-state index contributed by atoms with van der Waals surface area (Å²) in [5, 5.41) is 11.6. The summed E-state index contributed by atoms with van der Waals surface area (Å²) in [6.45, 7) is 9.69. The van der Waals surface area contributed by atoms with Crippen molar-refractivity contribution in [2.24, 2.45) is 11.8 Å². The number of hydrogen-bond donors (Lipinski definition) is 0. The highest BCUT2D eigenvalue weighted by atomic mass is 16.6. The van der Waals surface area contributed by atoms with Crippen LogP contribution in [0.15, 0.2) is 6.20 Å². The molecule has 9 nitrogen and oxygen atoms in total. The molecule has 0 radical (unpaired) electrons. The van der Waals surface area contributed by atoms with E-state index in [-0.39, 0.29) is 10.6 Å². The summed E-state index contributed by atoms with van der Waals surface area (Å²) in [5.74, 6) is 2.91. The predicted molar refractivity (Wildman–Crippen MR) is 111 cm³/mol. The monoisotopic (exact) mass is 401 g/mol. The van der Waals surface area contributed by atoms with E-state index in [4.69, 9.17) is 4.98 Å². The maximum atomic E-state index is 11.6. The van der Waals surface area contributed by atoms with Gasteiger partial charge in [0.2, 0.25) is 11.8 Å². The minimum absolute atomic E-state index is 0.0248. The van der Waals surface area contributed by atoms with Crippen LogP contribution in [0.5, 0.6) is 0 Å². The Morgan fingerprint density at radius 3 is 1.86 bits per heavy atom. The van der Waals surface area contributed by atoms with Crippen LogP contribution in [0.25, 0.3) is 0 Å². The Hall–Kier alpha value is -2.00. The molecule has 0 atom stereocenters. The third-order valence-corrected chi connectivity index (χ3v) is 6.69. The topological polar surface area (TPSA) is 81.9 Å². The van der Waals surface area contributed by atoms with E-state index in [1.807, 2.05) is 0 Å². The van der Waals surface area contributed by atoms with Crippen LogP contribution in [0.3, 0.4) is 0 Å². The van der Waals surface area contributed by atoms with Gasteiger partial charge in [-0.25, -0.2) is 4.98 Å². The van der Waals surface area contributed by atoms with E-state index < -0.39 is 0 Å². The molecule has 29 heavy (non-hydrogen) atoms. The normalized spacial score (nSPS) is 24.1. The van der Waals surface area contributed by atoms with Gasteiger partial charge in [-0.3, -0.25) is 19.9 Å². The maximum Gasteiger partial charge on any atom is 0.329 e. The third kappa shape index (κ3) is 4.61. The SMILES string of the molecule is O=[N+]([O-])c1cnc(N2CCN(CC3CC3)CC2)nc1N1CCN(CC2CC2)CC1. The molecule has 1 aromatic rings.